The summed E-state index contributed by atoms with van der Waals surface area (Å²) in [7, 11) is 0. The lowest BCUT2D eigenvalue weighted by Gasteiger charge is -2.01. The molecule has 0 fully saturated rings. The summed E-state index contributed by atoms with van der Waals surface area (Å²) in [6.45, 7) is 4.87. The van der Waals surface area contributed by atoms with Gasteiger partial charge in [0.05, 0.1) is 6.61 Å². The lowest BCUT2D eigenvalue weighted by atomic mass is 10.4. The summed E-state index contributed by atoms with van der Waals surface area (Å²) in [5, 5.41) is 0. The molecule has 0 amide bonds. The van der Waals surface area contributed by atoms with E-state index >= 15 is 0 Å². The topological polar surface area (TPSA) is 64.7 Å². The van der Waals surface area contributed by atoms with Crippen molar-refractivity contribution in [2.24, 2.45) is 10.7 Å². The van der Waals surface area contributed by atoms with Crippen LogP contribution in [0.2, 0.25) is 0 Å². The second kappa shape index (κ2) is 6.64. The van der Waals surface area contributed by atoms with Crippen LogP contribution in [0.25, 0.3) is 0 Å². The Morgan fingerprint density at radius 1 is 1.50 bits per heavy atom. The van der Waals surface area contributed by atoms with Crippen molar-refractivity contribution in [3.63, 3.8) is 0 Å². The van der Waals surface area contributed by atoms with E-state index in [1.54, 1.807) is 0 Å². The Bertz CT molecular complexity index is 166. The Morgan fingerprint density at radius 2 is 2.17 bits per heavy atom. The van der Waals surface area contributed by atoms with Crippen molar-refractivity contribution < 1.29 is 9.53 Å². The van der Waals surface area contributed by atoms with Crippen LogP contribution in [0.4, 0.5) is 0 Å². The molecule has 2 N–H and O–H groups in total. The zero-order valence-electron chi connectivity index (χ0n) is 7.67. The van der Waals surface area contributed by atoms with Crippen molar-refractivity contribution in [2.75, 3.05) is 13.2 Å². The van der Waals surface area contributed by atoms with Gasteiger partial charge in [0.15, 0.2) is 0 Å². The number of hydrogen-bond donors (Lipinski definition) is 1. The predicted octanol–water partition coefficient (Wildman–Crippen LogP) is 0.707. The summed E-state index contributed by atoms with van der Waals surface area (Å²) in [5.41, 5.74) is 5.41. The van der Waals surface area contributed by atoms with Gasteiger partial charge in [0.1, 0.15) is 12.3 Å². The number of carbonyl (C=O) groups is 1. The molecule has 0 unspecified atom stereocenters. The van der Waals surface area contributed by atoms with Crippen molar-refractivity contribution in [3.05, 3.63) is 0 Å². The zero-order valence-corrected chi connectivity index (χ0v) is 7.67. The molecule has 0 radical (unpaired) electrons. The van der Waals surface area contributed by atoms with Crippen molar-refractivity contribution in [3.8, 4) is 0 Å². The fourth-order valence-electron chi connectivity index (χ4n) is 0.674. The molecule has 0 saturated heterocycles. The molecule has 0 aliphatic heterocycles. The number of carbonyl (C=O) groups excluding carboxylic acids is 1. The molecular formula is C8H16N2O2. The number of amidine groups is 1. The van der Waals surface area contributed by atoms with E-state index in [1.165, 1.54) is 0 Å². The van der Waals surface area contributed by atoms with Crippen LogP contribution >= 0.6 is 0 Å². The maximum Gasteiger partial charge on any atom is 0.313 e. The first-order valence-electron chi connectivity index (χ1n) is 4.15. The average molecular weight is 172 g/mol. The summed E-state index contributed by atoms with van der Waals surface area (Å²) in [5.74, 6) is 0.0464. The first-order chi connectivity index (χ1) is 5.70. The van der Waals surface area contributed by atoms with Gasteiger partial charge >= 0.3 is 5.97 Å². The lowest BCUT2D eigenvalue weighted by molar-refractivity contribution is -0.142. The molecule has 0 aromatic heterocycles. The van der Waals surface area contributed by atoms with E-state index in [1.807, 2.05) is 13.8 Å². The molecule has 0 saturated carbocycles. The van der Waals surface area contributed by atoms with Gasteiger partial charge < -0.3 is 10.5 Å². The quantitative estimate of drug-likeness (QED) is 0.377. The normalized spacial score (nSPS) is 11.3. The Labute approximate surface area is 72.8 Å². The third-order valence-corrected chi connectivity index (χ3v) is 1.15. The molecule has 0 atom stereocenters. The molecule has 0 aromatic rings. The highest BCUT2D eigenvalue weighted by Crippen LogP contribution is 1.88. The molecule has 12 heavy (non-hydrogen) atoms. The number of nitrogens with two attached hydrogens (primary N) is 1. The maximum absolute atomic E-state index is 10.9. The molecule has 0 aliphatic carbocycles. The minimum atomic E-state index is -0.299. The largest absolute Gasteiger partial charge is 0.465 e. The van der Waals surface area contributed by atoms with Gasteiger partial charge in [-0.2, -0.15) is 0 Å². The van der Waals surface area contributed by atoms with Crippen molar-refractivity contribution in [1.82, 2.24) is 0 Å². The number of esters is 1. The van der Waals surface area contributed by atoms with E-state index in [9.17, 15) is 4.79 Å². The number of hydrogen-bond acceptors (Lipinski definition) is 3. The van der Waals surface area contributed by atoms with Gasteiger partial charge in [-0.25, -0.2) is 0 Å². The second-order valence-electron chi connectivity index (χ2n) is 2.36. The molecular weight excluding hydrogens is 156 g/mol. The Kier molecular flexibility index (Phi) is 6.05. The maximum atomic E-state index is 10.9. The highest BCUT2D eigenvalue weighted by atomic mass is 16.5. The third kappa shape index (κ3) is 5.70. The predicted molar refractivity (Wildman–Crippen MR) is 48.0 cm³/mol. The van der Waals surface area contributed by atoms with Gasteiger partial charge in [0.25, 0.3) is 0 Å². The molecule has 4 nitrogen and oxygen atoms in total. The number of rotatable bonds is 5. The van der Waals surface area contributed by atoms with Crippen LogP contribution < -0.4 is 5.73 Å². The SMILES string of the molecule is CCCOC(=O)CC(N)=NCC. The number of ether oxygens (including phenoxy) is 1. The van der Waals surface area contributed by atoms with Gasteiger partial charge in [-0.1, -0.05) is 6.92 Å². The molecule has 0 aromatic carbocycles. The summed E-state index contributed by atoms with van der Waals surface area (Å²) < 4.78 is 4.81. The fourth-order valence-corrected chi connectivity index (χ4v) is 0.674. The van der Waals surface area contributed by atoms with Crippen molar-refractivity contribution in [2.45, 2.75) is 26.7 Å². The number of aliphatic imine (C=N–C) groups is 1. The van der Waals surface area contributed by atoms with E-state index in [0.29, 0.717) is 19.0 Å². The van der Waals surface area contributed by atoms with Crippen LogP contribution in [0.3, 0.4) is 0 Å². The zero-order chi connectivity index (χ0) is 9.40. The van der Waals surface area contributed by atoms with E-state index < -0.39 is 0 Å². The average Bonchev–Trinajstić information content (AvgIpc) is 2.01. The fraction of sp³-hybridized carbons (Fsp3) is 0.750. The minimum Gasteiger partial charge on any atom is -0.465 e. The minimum absolute atomic E-state index is 0.105. The van der Waals surface area contributed by atoms with Crippen LogP contribution in [0.5, 0.6) is 0 Å². The monoisotopic (exact) mass is 172 g/mol. The summed E-state index contributed by atoms with van der Waals surface area (Å²) in [6.07, 6.45) is 0.935. The van der Waals surface area contributed by atoms with Gasteiger partial charge in [0, 0.05) is 6.54 Å². The lowest BCUT2D eigenvalue weighted by Crippen LogP contribution is -2.19. The standard InChI is InChI=1S/C8H16N2O2/c1-3-5-12-8(11)6-7(9)10-4-2/h3-6H2,1-2H3,(H2,9,10). The van der Waals surface area contributed by atoms with Gasteiger partial charge in [-0.3, -0.25) is 9.79 Å². The van der Waals surface area contributed by atoms with Gasteiger partial charge in [0.2, 0.25) is 0 Å². The number of nitrogens with zero attached hydrogens (tertiary/aromatic N) is 1. The van der Waals surface area contributed by atoms with E-state index in [4.69, 9.17) is 10.5 Å². The summed E-state index contributed by atoms with van der Waals surface area (Å²) in [6, 6.07) is 0. The van der Waals surface area contributed by atoms with E-state index in [-0.39, 0.29) is 12.4 Å². The van der Waals surface area contributed by atoms with Crippen LogP contribution in [-0.2, 0) is 9.53 Å². The van der Waals surface area contributed by atoms with Gasteiger partial charge in [-0.15, -0.1) is 0 Å². The highest BCUT2D eigenvalue weighted by Gasteiger charge is 2.03. The van der Waals surface area contributed by atoms with E-state index in [2.05, 4.69) is 4.99 Å². The van der Waals surface area contributed by atoms with Crippen LogP contribution in [0.15, 0.2) is 4.99 Å². The van der Waals surface area contributed by atoms with Crippen LogP contribution in [-0.4, -0.2) is 25.0 Å². The van der Waals surface area contributed by atoms with Crippen LogP contribution in [0.1, 0.15) is 26.7 Å². The first-order valence-corrected chi connectivity index (χ1v) is 4.15. The molecule has 0 bridgehead atoms. The van der Waals surface area contributed by atoms with Crippen molar-refractivity contribution in [1.29, 1.82) is 0 Å². The first kappa shape index (κ1) is 10.9. The molecule has 4 heteroatoms. The second-order valence-corrected chi connectivity index (χ2v) is 2.36. The summed E-state index contributed by atoms with van der Waals surface area (Å²) >= 11 is 0. The Balaban J connectivity index is 3.61. The highest BCUT2D eigenvalue weighted by molar-refractivity contribution is 5.96. The van der Waals surface area contributed by atoms with E-state index in [0.717, 1.165) is 6.42 Å². The Hall–Kier alpha value is -1.06. The van der Waals surface area contributed by atoms with Gasteiger partial charge in [-0.05, 0) is 13.3 Å². The molecule has 0 aliphatic rings. The molecule has 0 rings (SSSR count). The van der Waals surface area contributed by atoms with Crippen LogP contribution in [0, 0.1) is 0 Å². The van der Waals surface area contributed by atoms with Crippen molar-refractivity contribution >= 4 is 11.8 Å². The summed E-state index contributed by atoms with van der Waals surface area (Å²) in [4.78, 5) is 14.8. The molecule has 0 spiro atoms. The third-order valence-electron chi connectivity index (χ3n) is 1.15. The Morgan fingerprint density at radius 3 is 2.67 bits per heavy atom. The molecule has 0 heterocycles. The smallest absolute Gasteiger partial charge is 0.313 e. The molecule has 70 valence electrons.